The lowest BCUT2D eigenvalue weighted by Gasteiger charge is -2.32. The molecular weight excluding hydrogens is 402 g/mol. The lowest BCUT2D eigenvalue weighted by molar-refractivity contribution is 0.00674. The molecule has 1 atom stereocenters. The SMILES string of the molecule is N/C(=N/O)C1CN(C(=O)c2cc(Br)sc2Br)CCO1. The molecule has 1 aliphatic rings. The fourth-order valence-corrected chi connectivity index (χ4v) is 4.51. The second-order valence-electron chi connectivity index (χ2n) is 3.87. The van der Waals surface area contributed by atoms with Gasteiger partial charge in [0.1, 0.15) is 6.10 Å². The number of nitrogens with two attached hydrogens (primary N) is 1. The molecule has 0 spiro atoms. The van der Waals surface area contributed by atoms with Crippen LogP contribution in [0.5, 0.6) is 0 Å². The third-order valence-electron chi connectivity index (χ3n) is 2.69. The predicted molar refractivity (Wildman–Crippen MR) is 78.8 cm³/mol. The van der Waals surface area contributed by atoms with Crippen molar-refractivity contribution in [3.05, 3.63) is 19.2 Å². The molecule has 1 aromatic heterocycles. The number of hydrogen-bond acceptors (Lipinski definition) is 5. The first-order chi connectivity index (χ1) is 9.02. The van der Waals surface area contributed by atoms with Gasteiger partial charge in [-0.2, -0.15) is 0 Å². The number of thiophene rings is 1. The number of nitrogens with zero attached hydrogens (tertiary/aromatic N) is 2. The molecule has 0 bridgehead atoms. The molecule has 1 unspecified atom stereocenters. The van der Waals surface area contributed by atoms with E-state index in [-0.39, 0.29) is 18.3 Å². The summed E-state index contributed by atoms with van der Waals surface area (Å²) < 4.78 is 7.01. The summed E-state index contributed by atoms with van der Waals surface area (Å²) >= 11 is 8.15. The van der Waals surface area contributed by atoms with Gasteiger partial charge < -0.3 is 20.6 Å². The highest BCUT2D eigenvalue weighted by molar-refractivity contribution is 9.12. The van der Waals surface area contributed by atoms with Crippen molar-refractivity contribution in [1.29, 1.82) is 0 Å². The van der Waals surface area contributed by atoms with E-state index in [9.17, 15) is 4.79 Å². The molecule has 1 fully saturated rings. The lowest BCUT2D eigenvalue weighted by Crippen LogP contribution is -2.50. The van der Waals surface area contributed by atoms with Gasteiger partial charge in [-0.05, 0) is 37.9 Å². The molecule has 2 rings (SSSR count). The summed E-state index contributed by atoms with van der Waals surface area (Å²) in [6.07, 6.45) is -0.566. The standard InChI is InChI=1S/C10H11Br2N3O3S/c11-7-3-5(8(12)19-7)10(16)15-1-2-18-6(4-15)9(13)14-17/h3,6,17H,1-2,4H2,(H2,13,14). The smallest absolute Gasteiger partial charge is 0.256 e. The van der Waals surface area contributed by atoms with E-state index in [4.69, 9.17) is 15.7 Å². The van der Waals surface area contributed by atoms with Crippen LogP contribution in [0.4, 0.5) is 0 Å². The van der Waals surface area contributed by atoms with Crippen LogP contribution in [0.3, 0.4) is 0 Å². The maximum Gasteiger partial charge on any atom is 0.256 e. The maximum atomic E-state index is 12.4. The van der Waals surface area contributed by atoms with E-state index < -0.39 is 6.10 Å². The van der Waals surface area contributed by atoms with Crippen LogP contribution in [0.15, 0.2) is 18.8 Å². The van der Waals surface area contributed by atoms with Gasteiger partial charge in [-0.1, -0.05) is 5.16 Å². The van der Waals surface area contributed by atoms with Crippen molar-refractivity contribution in [2.75, 3.05) is 19.7 Å². The number of halogens is 2. The van der Waals surface area contributed by atoms with E-state index in [2.05, 4.69) is 37.0 Å². The molecule has 3 N–H and O–H groups in total. The van der Waals surface area contributed by atoms with Gasteiger partial charge in [0.25, 0.3) is 5.91 Å². The summed E-state index contributed by atoms with van der Waals surface area (Å²) in [7, 11) is 0. The van der Waals surface area contributed by atoms with Crippen molar-refractivity contribution in [2.24, 2.45) is 10.9 Å². The Bertz CT molecular complexity index is 520. The van der Waals surface area contributed by atoms with Crippen LogP contribution < -0.4 is 5.73 Å². The Morgan fingerprint density at radius 3 is 2.95 bits per heavy atom. The number of carbonyl (C=O) groups is 1. The number of amides is 1. The minimum absolute atomic E-state index is 0.0249. The Morgan fingerprint density at radius 1 is 1.63 bits per heavy atom. The van der Waals surface area contributed by atoms with Crippen LogP contribution in [0, 0.1) is 0 Å². The summed E-state index contributed by atoms with van der Waals surface area (Å²) in [5.74, 6) is -0.129. The Balaban J connectivity index is 2.13. The first-order valence-corrected chi connectivity index (χ1v) is 7.76. The zero-order valence-corrected chi connectivity index (χ0v) is 13.7. The number of carbonyl (C=O) groups excluding carboxylic acids is 1. The molecule has 1 aliphatic heterocycles. The molecule has 1 saturated heterocycles. The van der Waals surface area contributed by atoms with Crippen LogP contribution in [0.2, 0.25) is 0 Å². The van der Waals surface area contributed by atoms with Gasteiger partial charge in [-0.3, -0.25) is 4.79 Å². The fraction of sp³-hybridized carbons (Fsp3) is 0.400. The number of morpholine rings is 1. The molecule has 104 valence electrons. The van der Waals surface area contributed by atoms with Gasteiger partial charge in [-0.15, -0.1) is 11.3 Å². The molecule has 1 aromatic rings. The van der Waals surface area contributed by atoms with Gasteiger partial charge in [-0.25, -0.2) is 0 Å². The van der Waals surface area contributed by atoms with E-state index in [0.29, 0.717) is 18.7 Å². The molecule has 1 amide bonds. The fourth-order valence-electron chi connectivity index (χ4n) is 1.73. The summed E-state index contributed by atoms with van der Waals surface area (Å²) in [4.78, 5) is 14.0. The largest absolute Gasteiger partial charge is 0.409 e. The van der Waals surface area contributed by atoms with Crippen molar-refractivity contribution in [3.8, 4) is 0 Å². The summed E-state index contributed by atoms with van der Waals surface area (Å²) in [6, 6.07) is 1.77. The zero-order chi connectivity index (χ0) is 14.0. The second-order valence-corrected chi connectivity index (χ2v) is 7.62. The summed E-state index contributed by atoms with van der Waals surface area (Å²) in [6.45, 7) is 1.11. The van der Waals surface area contributed by atoms with E-state index in [1.807, 2.05) is 0 Å². The first-order valence-electron chi connectivity index (χ1n) is 5.36. The average Bonchev–Trinajstić information content (AvgIpc) is 2.76. The molecule has 6 nitrogen and oxygen atoms in total. The van der Waals surface area contributed by atoms with Crippen LogP contribution >= 0.6 is 43.2 Å². The summed E-state index contributed by atoms with van der Waals surface area (Å²) in [5, 5.41) is 11.6. The van der Waals surface area contributed by atoms with Crippen LogP contribution in [0.1, 0.15) is 10.4 Å². The number of hydrogen-bond donors (Lipinski definition) is 2. The average molecular weight is 413 g/mol. The highest BCUT2D eigenvalue weighted by atomic mass is 79.9. The minimum atomic E-state index is -0.566. The van der Waals surface area contributed by atoms with E-state index >= 15 is 0 Å². The molecule has 9 heteroatoms. The van der Waals surface area contributed by atoms with Crippen molar-refractivity contribution >= 4 is 54.9 Å². The van der Waals surface area contributed by atoms with E-state index in [1.165, 1.54) is 11.3 Å². The quantitative estimate of drug-likeness (QED) is 0.336. The number of rotatable bonds is 2. The maximum absolute atomic E-state index is 12.4. The van der Waals surface area contributed by atoms with Crippen LogP contribution in [-0.2, 0) is 4.74 Å². The van der Waals surface area contributed by atoms with Gasteiger partial charge in [0.15, 0.2) is 5.84 Å². The third-order valence-corrected chi connectivity index (χ3v) is 5.03. The van der Waals surface area contributed by atoms with Crippen molar-refractivity contribution < 1.29 is 14.7 Å². The number of ether oxygens (including phenoxy) is 1. The van der Waals surface area contributed by atoms with E-state index in [1.54, 1.807) is 11.0 Å². The lowest BCUT2D eigenvalue weighted by atomic mass is 10.2. The molecular formula is C10H11Br2N3O3S. The Kier molecular flexibility index (Phi) is 4.82. The molecule has 0 aliphatic carbocycles. The Morgan fingerprint density at radius 2 is 2.37 bits per heavy atom. The monoisotopic (exact) mass is 411 g/mol. The van der Waals surface area contributed by atoms with Crippen LogP contribution in [-0.4, -0.2) is 47.7 Å². The third kappa shape index (κ3) is 3.28. The van der Waals surface area contributed by atoms with Gasteiger partial charge in [0.05, 0.1) is 26.3 Å². The Labute approximate surface area is 130 Å². The predicted octanol–water partition coefficient (Wildman–Crippen LogP) is 1.86. The van der Waals surface area contributed by atoms with Crippen LogP contribution in [0.25, 0.3) is 0 Å². The molecule has 2 heterocycles. The molecule has 0 radical (unpaired) electrons. The first kappa shape index (κ1) is 14.8. The highest BCUT2D eigenvalue weighted by Gasteiger charge is 2.29. The van der Waals surface area contributed by atoms with Crippen molar-refractivity contribution in [2.45, 2.75) is 6.10 Å². The molecule has 0 saturated carbocycles. The Hall–Kier alpha value is -0.640. The van der Waals surface area contributed by atoms with Crippen molar-refractivity contribution in [1.82, 2.24) is 4.90 Å². The zero-order valence-electron chi connectivity index (χ0n) is 9.68. The topological polar surface area (TPSA) is 88.2 Å². The number of oxime groups is 1. The summed E-state index contributed by atoms with van der Waals surface area (Å²) in [5.41, 5.74) is 6.10. The normalized spacial score (nSPS) is 20.6. The minimum Gasteiger partial charge on any atom is -0.409 e. The van der Waals surface area contributed by atoms with Gasteiger partial charge in [0.2, 0.25) is 0 Å². The second kappa shape index (κ2) is 6.21. The molecule has 19 heavy (non-hydrogen) atoms. The number of amidine groups is 1. The molecule has 0 aromatic carbocycles. The highest BCUT2D eigenvalue weighted by Crippen LogP contribution is 2.32. The van der Waals surface area contributed by atoms with Gasteiger partial charge >= 0.3 is 0 Å². The van der Waals surface area contributed by atoms with Crippen molar-refractivity contribution in [3.63, 3.8) is 0 Å². The van der Waals surface area contributed by atoms with E-state index in [0.717, 1.165) is 7.57 Å². The van der Waals surface area contributed by atoms with Gasteiger partial charge in [0, 0.05) is 6.54 Å².